The van der Waals surface area contributed by atoms with E-state index in [2.05, 4.69) is 20.5 Å². The van der Waals surface area contributed by atoms with Crippen LogP contribution in [-0.4, -0.2) is 64.3 Å². The fourth-order valence-electron chi connectivity index (χ4n) is 5.58. The summed E-state index contributed by atoms with van der Waals surface area (Å²) in [6.07, 6.45) is 6.31. The zero-order valence-corrected chi connectivity index (χ0v) is 24.0. The highest BCUT2D eigenvalue weighted by Crippen LogP contribution is 2.50. The summed E-state index contributed by atoms with van der Waals surface area (Å²) in [5.41, 5.74) is 7.43. The number of halogens is 1. The molecule has 11 nitrogen and oxygen atoms in total. The van der Waals surface area contributed by atoms with Crippen LogP contribution in [0.2, 0.25) is 0 Å². The number of fused-ring (bicyclic) bond motifs is 1. The third kappa shape index (κ3) is 4.97. The number of nitrogens with zero attached hydrogens (tertiary/aromatic N) is 5. The maximum absolute atomic E-state index is 13.9. The lowest BCUT2D eigenvalue weighted by Crippen LogP contribution is -2.43. The van der Waals surface area contributed by atoms with Crippen LogP contribution in [0.4, 0.5) is 10.1 Å². The van der Waals surface area contributed by atoms with E-state index in [0.29, 0.717) is 45.3 Å². The van der Waals surface area contributed by atoms with Crippen molar-refractivity contribution in [1.29, 1.82) is 0 Å². The number of ether oxygens (including phenoxy) is 2. The summed E-state index contributed by atoms with van der Waals surface area (Å²) < 4.78 is 27.3. The molecule has 3 heterocycles. The molecule has 2 atom stereocenters. The van der Waals surface area contributed by atoms with E-state index in [1.165, 1.54) is 19.2 Å². The number of nitrogen functional groups attached to an aromatic ring is 1. The van der Waals surface area contributed by atoms with Crippen molar-refractivity contribution in [3.05, 3.63) is 83.3 Å². The van der Waals surface area contributed by atoms with E-state index in [0.717, 1.165) is 18.4 Å². The summed E-state index contributed by atoms with van der Waals surface area (Å²) >= 11 is 0. The number of nitrogens with one attached hydrogen (secondary N) is 1. The van der Waals surface area contributed by atoms with Crippen LogP contribution in [0.25, 0.3) is 11.3 Å². The Morgan fingerprint density at radius 2 is 2.00 bits per heavy atom. The van der Waals surface area contributed by atoms with Gasteiger partial charge in [0.1, 0.15) is 47.7 Å². The molecule has 1 fully saturated rings. The standard InChI is InChI=1S/C31H32FN7O4/c1-30(39-16-36-37-17-39)15-43-28-23(30)12-25(38-27(28)18-4-8-22(32)9-5-18)31(41,21-6-7-21)14-35-29(40)19-10-20(13-34-2)26(33)24(11-19)42-3/h4-5,8-13,16-17,21,41H,6-7,14-15,33H2,1-3H3,(H,35,40)/t30-,31+/m0/s1. The zero-order chi connectivity index (χ0) is 30.4. The number of methoxy groups -OCH3 is 1. The number of amides is 1. The van der Waals surface area contributed by atoms with Gasteiger partial charge < -0.3 is 30.2 Å². The number of pyridine rings is 1. The fraction of sp³-hybridized carbons (Fsp3) is 0.323. The van der Waals surface area contributed by atoms with Gasteiger partial charge in [0.05, 0.1) is 25.0 Å². The fourth-order valence-corrected chi connectivity index (χ4v) is 5.58. The van der Waals surface area contributed by atoms with E-state index in [1.54, 1.807) is 50.2 Å². The highest BCUT2D eigenvalue weighted by atomic mass is 19.1. The maximum atomic E-state index is 13.9. The van der Waals surface area contributed by atoms with Gasteiger partial charge in [-0.1, -0.05) is 0 Å². The van der Waals surface area contributed by atoms with Gasteiger partial charge >= 0.3 is 0 Å². The van der Waals surface area contributed by atoms with Crippen LogP contribution in [0.3, 0.4) is 0 Å². The molecule has 1 aliphatic carbocycles. The largest absolute Gasteiger partial charge is 0.495 e. The highest BCUT2D eigenvalue weighted by molar-refractivity contribution is 5.99. The summed E-state index contributed by atoms with van der Waals surface area (Å²) in [4.78, 5) is 22.3. The van der Waals surface area contributed by atoms with E-state index in [4.69, 9.17) is 20.2 Å². The third-order valence-corrected chi connectivity index (χ3v) is 8.30. The van der Waals surface area contributed by atoms with Crippen molar-refractivity contribution in [2.24, 2.45) is 10.9 Å². The first-order chi connectivity index (χ1) is 20.7. The molecule has 0 spiro atoms. The van der Waals surface area contributed by atoms with Gasteiger partial charge in [-0.3, -0.25) is 9.79 Å². The Labute approximate surface area is 247 Å². The number of carbonyl (C=O) groups excluding carboxylic acids is 1. The molecule has 0 saturated heterocycles. The Bertz CT molecular complexity index is 1710. The SMILES string of the molecule is CN=Cc1cc(C(=O)NC[C@](O)(c2cc3c(c(-c4ccc(F)cc4)n2)OC[C@]3(C)n2cnnc2)C2CC2)cc(OC)c1N. The Hall–Kier alpha value is -4.84. The van der Waals surface area contributed by atoms with Crippen LogP contribution in [0, 0.1) is 11.7 Å². The van der Waals surface area contributed by atoms with Gasteiger partial charge in [0.15, 0.2) is 5.75 Å². The zero-order valence-electron chi connectivity index (χ0n) is 24.0. The minimum Gasteiger partial charge on any atom is -0.495 e. The van der Waals surface area contributed by atoms with E-state index in [9.17, 15) is 14.3 Å². The number of hydrogen-bond donors (Lipinski definition) is 3. The molecule has 222 valence electrons. The van der Waals surface area contributed by atoms with Crippen molar-refractivity contribution in [3.63, 3.8) is 0 Å². The first kappa shape index (κ1) is 28.3. The topological polar surface area (TPSA) is 150 Å². The van der Waals surface area contributed by atoms with Gasteiger partial charge in [-0.2, -0.15) is 0 Å². The number of rotatable bonds is 9. The number of aliphatic hydroxyl groups is 1. The summed E-state index contributed by atoms with van der Waals surface area (Å²) in [5.74, 6) is -0.0469. The number of hydrogen-bond acceptors (Lipinski definition) is 9. The molecule has 0 bridgehead atoms. The van der Waals surface area contributed by atoms with E-state index < -0.39 is 17.0 Å². The van der Waals surface area contributed by atoms with Crippen LogP contribution < -0.4 is 20.5 Å². The summed E-state index contributed by atoms with van der Waals surface area (Å²) in [6.45, 7) is 2.17. The molecule has 6 rings (SSSR count). The van der Waals surface area contributed by atoms with Crippen LogP contribution in [0.5, 0.6) is 11.5 Å². The Balaban J connectivity index is 1.41. The van der Waals surface area contributed by atoms with Gasteiger partial charge in [0.2, 0.25) is 0 Å². The van der Waals surface area contributed by atoms with Crippen molar-refractivity contribution in [1.82, 2.24) is 25.1 Å². The van der Waals surface area contributed by atoms with Crippen molar-refractivity contribution in [2.45, 2.75) is 30.9 Å². The monoisotopic (exact) mass is 585 g/mol. The second kappa shape index (κ2) is 10.8. The number of anilines is 1. The minimum atomic E-state index is -1.50. The maximum Gasteiger partial charge on any atom is 0.251 e. The van der Waals surface area contributed by atoms with E-state index in [-0.39, 0.29) is 24.9 Å². The lowest BCUT2D eigenvalue weighted by molar-refractivity contribution is 0.00945. The van der Waals surface area contributed by atoms with Crippen molar-refractivity contribution in [2.75, 3.05) is 33.0 Å². The molecule has 2 aromatic heterocycles. The lowest BCUT2D eigenvalue weighted by Gasteiger charge is -2.30. The molecule has 1 amide bonds. The number of aliphatic imine (C=N–C) groups is 1. The number of benzene rings is 2. The Kier molecular flexibility index (Phi) is 7.09. The normalized spacial score (nSPS) is 19.1. The predicted octanol–water partition coefficient (Wildman–Crippen LogP) is 3.30. The van der Waals surface area contributed by atoms with Gasteiger partial charge in [-0.05, 0) is 68.1 Å². The Morgan fingerprint density at radius 1 is 1.28 bits per heavy atom. The van der Waals surface area contributed by atoms with E-state index >= 15 is 0 Å². The number of carbonyl (C=O) groups is 1. The molecule has 4 N–H and O–H groups in total. The van der Waals surface area contributed by atoms with Crippen molar-refractivity contribution in [3.8, 4) is 22.8 Å². The molecule has 0 radical (unpaired) electrons. The smallest absolute Gasteiger partial charge is 0.251 e. The molecule has 2 aliphatic rings. The van der Waals surface area contributed by atoms with Gasteiger partial charge in [0.25, 0.3) is 5.91 Å². The predicted molar refractivity (Wildman–Crippen MR) is 158 cm³/mol. The first-order valence-electron chi connectivity index (χ1n) is 13.9. The molecule has 43 heavy (non-hydrogen) atoms. The second-order valence-corrected chi connectivity index (χ2v) is 11.1. The molecule has 1 saturated carbocycles. The van der Waals surface area contributed by atoms with Gasteiger partial charge in [-0.25, -0.2) is 9.37 Å². The average molecular weight is 586 g/mol. The van der Waals surface area contributed by atoms with Crippen LogP contribution in [0.15, 0.2) is 60.1 Å². The summed E-state index contributed by atoms with van der Waals surface area (Å²) in [6, 6.07) is 11.0. The van der Waals surface area contributed by atoms with Crippen molar-refractivity contribution < 1.29 is 23.8 Å². The summed E-state index contributed by atoms with van der Waals surface area (Å²) in [7, 11) is 3.08. The first-order valence-corrected chi connectivity index (χ1v) is 13.9. The van der Waals surface area contributed by atoms with Crippen molar-refractivity contribution >= 4 is 17.8 Å². The Morgan fingerprint density at radius 3 is 2.65 bits per heavy atom. The van der Waals surface area contributed by atoms with Crippen LogP contribution >= 0.6 is 0 Å². The van der Waals surface area contributed by atoms with Crippen LogP contribution in [0.1, 0.15) is 46.9 Å². The average Bonchev–Trinajstić information content (AvgIpc) is 3.61. The van der Waals surface area contributed by atoms with E-state index in [1.807, 2.05) is 17.6 Å². The summed E-state index contributed by atoms with van der Waals surface area (Å²) in [5, 5.41) is 23.1. The molecule has 4 aromatic rings. The minimum absolute atomic E-state index is 0.0980. The molecule has 1 aliphatic heterocycles. The quantitative estimate of drug-likeness (QED) is 0.200. The molecule has 12 heteroatoms. The van der Waals surface area contributed by atoms with Gasteiger partial charge in [0, 0.05) is 35.5 Å². The van der Waals surface area contributed by atoms with Crippen LogP contribution in [-0.2, 0) is 11.1 Å². The molecule has 2 aromatic carbocycles. The number of nitrogens with two attached hydrogens (primary N) is 1. The number of aromatic nitrogens is 4. The second-order valence-electron chi connectivity index (χ2n) is 11.1. The molecular weight excluding hydrogens is 553 g/mol. The van der Waals surface area contributed by atoms with Gasteiger partial charge in [-0.15, -0.1) is 10.2 Å². The molecular formula is C31H32FN7O4. The lowest BCUT2D eigenvalue weighted by atomic mass is 9.86. The third-order valence-electron chi connectivity index (χ3n) is 8.30. The highest BCUT2D eigenvalue weighted by Gasteiger charge is 2.49. The molecule has 0 unspecified atom stereocenters.